The first-order chi connectivity index (χ1) is 41.7. The van der Waals surface area contributed by atoms with E-state index in [0.29, 0.717) is 0 Å². The van der Waals surface area contributed by atoms with Crippen LogP contribution in [0.1, 0.15) is 0 Å². The lowest BCUT2D eigenvalue weighted by Crippen LogP contribution is -2.09. The molecule has 0 N–H and O–H groups in total. The number of hydrogen-bond acceptors (Lipinski definition) is 4. The first-order valence-electron chi connectivity index (χ1n) is 28.5. The van der Waals surface area contributed by atoms with Gasteiger partial charge in [-0.25, -0.2) is 0 Å². The molecule has 0 fully saturated rings. The summed E-state index contributed by atoms with van der Waals surface area (Å²) in [5.41, 5.74) is 21.9. The van der Waals surface area contributed by atoms with E-state index in [2.05, 4.69) is 310 Å². The van der Waals surface area contributed by atoms with Crippen LogP contribution in [0.2, 0.25) is 0 Å². The summed E-state index contributed by atoms with van der Waals surface area (Å²) in [7, 11) is 0. The maximum Gasteiger partial charge on any atom is 0.0970 e. The number of rotatable bonds is 11. The Balaban J connectivity index is 0.807. The van der Waals surface area contributed by atoms with E-state index in [9.17, 15) is 0 Å². The van der Waals surface area contributed by atoms with Crippen molar-refractivity contribution < 1.29 is 0 Å². The second kappa shape index (κ2) is 20.3. The highest BCUT2D eigenvalue weighted by atomic mass is 15.1. The third-order valence-corrected chi connectivity index (χ3v) is 16.5. The minimum Gasteiger partial charge on any atom is -0.310 e. The molecule has 0 radical (unpaired) electrons. The summed E-state index contributed by atoms with van der Waals surface area (Å²) in [5.74, 6) is 0. The van der Waals surface area contributed by atoms with Crippen molar-refractivity contribution in [2.45, 2.75) is 0 Å². The smallest absolute Gasteiger partial charge is 0.0970 e. The fourth-order valence-corrected chi connectivity index (χ4v) is 12.7. The highest BCUT2D eigenvalue weighted by molar-refractivity contribution is 6.13. The van der Waals surface area contributed by atoms with Crippen LogP contribution in [-0.2, 0) is 0 Å². The number of para-hydroxylation sites is 6. The van der Waals surface area contributed by atoms with Crippen LogP contribution in [0.5, 0.6) is 0 Å². The van der Waals surface area contributed by atoms with Gasteiger partial charge in [0.05, 0.1) is 33.1 Å². The third kappa shape index (κ3) is 8.35. The Bertz CT molecular complexity index is 4770. The molecule has 6 heteroatoms. The molecule has 0 saturated heterocycles. The van der Waals surface area contributed by atoms with Gasteiger partial charge in [-0.1, -0.05) is 146 Å². The quantitative estimate of drug-likeness (QED) is 0.121. The molecule has 12 aromatic carbocycles. The molecule has 4 aromatic heterocycles. The zero-order valence-electron chi connectivity index (χ0n) is 45.7. The van der Waals surface area contributed by atoms with Gasteiger partial charge in [0.1, 0.15) is 0 Å². The average molecular weight is 1070 g/mol. The molecular formula is C78H52N6. The van der Waals surface area contributed by atoms with Crippen molar-refractivity contribution >= 4 is 99.5 Å². The molecule has 0 atom stereocenters. The first-order valence-corrected chi connectivity index (χ1v) is 28.5. The van der Waals surface area contributed by atoms with Gasteiger partial charge in [-0.2, -0.15) is 0 Å². The normalized spacial score (nSPS) is 11.6. The van der Waals surface area contributed by atoms with Crippen molar-refractivity contribution in [3.05, 3.63) is 316 Å². The van der Waals surface area contributed by atoms with Crippen LogP contribution >= 0.6 is 0 Å². The maximum atomic E-state index is 4.92. The summed E-state index contributed by atoms with van der Waals surface area (Å²) >= 11 is 0. The van der Waals surface area contributed by atoms with Crippen molar-refractivity contribution in [3.8, 4) is 44.8 Å². The fourth-order valence-electron chi connectivity index (χ4n) is 12.7. The van der Waals surface area contributed by atoms with Crippen molar-refractivity contribution in [2.75, 3.05) is 9.80 Å². The molecule has 0 aliphatic heterocycles. The highest BCUT2D eigenvalue weighted by Crippen LogP contribution is 2.44. The van der Waals surface area contributed by atoms with Crippen LogP contribution in [0.25, 0.3) is 110 Å². The summed E-state index contributed by atoms with van der Waals surface area (Å²) in [6.07, 6.45) is 3.72. The second-order valence-corrected chi connectivity index (χ2v) is 21.4. The van der Waals surface area contributed by atoms with Crippen LogP contribution in [0.4, 0.5) is 34.1 Å². The third-order valence-electron chi connectivity index (χ3n) is 16.5. The van der Waals surface area contributed by atoms with Crippen LogP contribution < -0.4 is 9.80 Å². The zero-order valence-corrected chi connectivity index (χ0v) is 45.7. The molecule has 84 heavy (non-hydrogen) atoms. The first kappa shape index (κ1) is 48.6. The Morgan fingerprint density at radius 3 is 1.08 bits per heavy atom. The van der Waals surface area contributed by atoms with Crippen molar-refractivity contribution in [1.29, 1.82) is 0 Å². The van der Waals surface area contributed by atoms with Gasteiger partial charge in [0.15, 0.2) is 0 Å². The standard InChI is InChI=1S/C78H52N6/c1-5-20-59(21-6-1)81(60-22-7-2-8-23-60)65-41-43-75-71(51-65)67-28-13-15-31-73(67)83(75)63-37-33-53(34-38-63)56-47-57(49-58(48-56)70-50-55-19-17-45-79-77(55)78-69(70)30-18-46-80-78)54-35-39-64(40-36-54)84-74-32-16-14-29-68(74)72-52-66(42-44-76(72)84)82(61-24-9-3-10-25-61)62-26-11-4-12-27-62/h1-52H. The number of fused-ring (bicyclic) bond motifs is 9. The minimum atomic E-state index is 0.892. The van der Waals surface area contributed by atoms with Crippen LogP contribution in [-0.4, -0.2) is 19.1 Å². The molecule has 4 heterocycles. The van der Waals surface area contributed by atoms with Gasteiger partial charge in [-0.15, -0.1) is 0 Å². The summed E-state index contributed by atoms with van der Waals surface area (Å²) < 4.78 is 4.80. The molecule has 0 amide bonds. The van der Waals surface area contributed by atoms with E-state index in [1.54, 1.807) is 0 Å². The number of benzene rings is 12. The number of pyridine rings is 2. The molecule has 16 rings (SSSR count). The van der Waals surface area contributed by atoms with Crippen molar-refractivity contribution in [1.82, 2.24) is 19.1 Å². The summed E-state index contributed by atoms with van der Waals surface area (Å²) in [5, 5.41) is 6.92. The van der Waals surface area contributed by atoms with Crippen LogP contribution in [0.15, 0.2) is 316 Å². The van der Waals surface area contributed by atoms with Gasteiger partial charge in [0.25, 0.3) is 0 Å². The van der Waals surface area contributed by atoms with E-state index in [1.807, 2.05) is 24.5 Å². The molecule has 6 nitrogen and oxygen atoms in total. The van der Waals surface area contributed by atoms with Gasteiger partial charge in [-0.05, 0) is 191 Å². The molecule has 0 spiro atoms. The fraction of sp³-hybridized carbons (Fsp3) is 0. The Labute approximate surface area is 486 Å². The lowest BCUT2D eigenvalue weighted by Gasteiger charge is -2.25. The number of nitrogens with zero attached hydrogens (tertiary/aromatic N) is 6. The Morgan fingerprint density at radius 2 is 0.619 bits per heavy atom. The Hall–Kier alpha value is -11.3. The highest BCUT2D eigenvalue weighted by Gasteiger charge is 2.21. The minimum absolute atomic E-state index is 0.892. The van der Waals surface area contributed by atoms with Crippen molar-refractivity contribution in [3.63, 3.8) is 0 Å². The Kier molecular flexibility index (Phi) is 11.8. The lowest BCUT2D eigenvalue weighted by atomic mass is 9.91. The van der Waals surface area contributed by atoms with Gasteiger partial charge >= 0.3 is 0 Å². The van der Waals surface area contributed by atoms with Crippen molar-refractivity contribution in [2.24, 2.45) is 0 Å². The van der Waals surface area contributed by atoms with Crippen LogP contribution in [0.3, 0.4) is 0 Å². The van der Waals surface area contributed by atoms with E-state index in [4.69, 9.17) is 9.97 Å². The molecular weight excluding hydrogens is 1020 g/mol. The molecule has 0 saturated carbocycles. The van der Waals surface area contributed by atoms with Crippen LogP contribution in [0, 0.1) is 0 Å². The molecule has 0 aliphatic rings. The number of anilines is 6. The van der Waals surface area contributed by atoms with Gasteiger partial charge in [0.2, 0.25) is 0 Å². The summed E-state index contributed by atoms with van der Waals surface area (Å²) in [4.78, 5) is 14.4. The monoisotopic (exact) mass is 1070 g/mol. The molecule has 0 unspecified atom stereocenters. The number of hydrogen-bond donors (Lipinski definition) is 0. The SMILES string of the molecule is c1ccc(N(c2ccccc2)c2ccc3c(c2)c2ccccc2n3-c2ccc(-c3cc(-c4ccc(-n5c6ccccc6c6cc(N(c7ccccc7)c7ccccc7)ccc65)cc4)cc(-c4cc5cccnc5c5ncccc45)c3)cc2)cc1. The van der Waals surface area contributed by atoms with Gasteiger partial charge < -0.3 is 18.9 Å². The van der Waals surface area contributed by atoms with E-state index >= 15 is 0 Å². The molecule has 0 aliphatic carbocycles. The van der Waals surface area contributed by atoms with E-state index in [1.165, 1.54) is 21.5 Å². The summed E-state index contributed by atoms with van der Waals surface area (Å²) in [6.45, 7) is 0. The molecule has 394 valence electrons. The predicted molar refractivity (Wildman–Crippen MR) is 351 cm³/mol. The Morgan fingerprint density at radius 1 is 0.238 bits per heavy atom. The van der Waals surface area contributed by atoms with E-state index in [-0.39, 0.29) is 0 Å². The number of aromatic nitrogens is 4. The molecule has 0 bridgehead atoms. The maximum absolute atomic E-state index is 4.92. The van der Waals surface area contributed by atoms with E-state index in [0.717, 1.165) is 123 Å². The second-order valence-electron chi connectivity index (χ2n) is 21.4. The largest absolute Gasteiger partial charge is 0.310 e. The predicted octanol–water partition coefficient (Wildman–Crippen LogP) is 20.9. The zero-order chi connectivity index (χ0) is 55.5. The lowest BCUT2D eigenvalue weighted by molar-refractivity contribution is 1.18. The molecule has 16 aromatic rings. The summed E-state index contributed by atoms with van der Waals surface area (Å²) in [6, 6.07) is 110. The average Bonchev–Trinajstić information content (AvgIpc) is 4.28. The van der Waals surface area contributed by atoms with Gasteiger partial charge in [0, 0.05) is 90.2 Å². The van der Waals surface area contributed by atoms with Gasteiger partial charge in [-0.3, -0.25) is 9.97 Å². The topological polar surface area (TPSA) is 42.1 Å². The van der Waals surface area contributed by atoms with E-state index < -0.39 is 0 Å².